The van der Waals surface area contributed by atoms with Crippen LogP contribution < -0.4 is 20.1 Å². The summed E-state index contributed by atoms with van der Waals surface area (Å²) in [5.41, 5.74) is 1.57. The molecule has 2 aromatic rings. The molecule has 2 aromatic carbocycles. The van der Waals surface area contributed by atoms with E-state index in [-0.39, 0.29) is 12.6 Å². The molecule has 0 aliphatic rings. The molecule has 0 bridgehead atoms. The summed E-state index contributed by atoms with van der Waals surface area (Å²) < 4.78 is 11.1. The Kier molecular flexibility index (Phi) is 7.09. The van der Waals surface area contributed by atoms with E-state index in [4.69, 9.17) is 9.47 Å². The van der Waals surface area contributed by atoms with Crippen molar-refractivity contribution in [2.24, 2.45) is 0 Å². The number of aliphatic hydroxyl groups excluding tert-OH is 1. The maximum atomic E-state index is 12.3. The molecular weight excluding hydrogens is 388 g/mol. The van der Waals surface area contributed by atoms with E-state index in [1.807, 2.05) is 30.3 Å². The normalized spacial score (nSPS) is 11.5. The summed E-state index contributed by atoms with van der Waals surface area (Å²) in [6.45, 7) is -0.157. The number of nitrogens with one attached hydrogen (secondary N) is 2. The molecule has 0 fully saturated rings. The van der Waals surface area contributed by atoms with Crippen molar-refractivity contribution in [1.29, 1.82) is 0 Å². The third-order valence-electron chi connectivity index (χ3n) is 3.60. The molecular formula is C18H21BrN2O4. The topological polar surface area (TPSA) is 79.8 Å². The molecule has 0 spiro atoms. The molecule has 7 heteroatoms. The highest BCUT2D eigenvalue weighted by Crippen LogP contribution is 2.36. The molecule has 0 aliphatic heterocycles. The third-order valence-corrected chi connectivity index (χ3v) is 4.26. The van der Waals surface area contributed by atoms with E-state index >= 15 is 0 Å². The van der Waals surface area contributed by atoms with Gasteiger partial charge in [0.15, 0.2) is 11.5 Å². The van der Waals surface area contributed by atoms with Gasteiger partial charge in [0.1, 0.15) is 0 Å². The van der Waals surface area contributed by atoms with Gasteiger partial charge >= 0.3 is 6.03 Å². The van der Waals surface area contributed by atoms with Crippen LogP contribution in [0.1, 0.15) is 5.56 Å². The fourth-order valence-electron chi connectivity index (χ4n) is 2.35. The number of benzene rings is 2. The maximum absolute atomic E-state index is 12.3. The number of halogens is 1. The van der Waals surface area contributed by atoms with E-state index in [0.29, 0.717) is 28.1 Å². The Balaban J connectivity index is 2.03. The van der Waals surface area contributed by atoms with Crippen molar-refractivity contribution < 1.29 is 19.4 Å². The van der Waals surface area contributed by atoms with Gasteiger partial charge in [0.05, 0.1) is 32.6 Å². The number of hydrogen-bond donors (Lipinski definition) is 3. The number of carbonyl (C=O) groups is 1. The van der Waals surface area contributed by atoms with Crippen LogP contribution in [0, 0.1) is 0 Å². The summed E-state index contributed by atoms with van der Waals surface area (Å²) in [5, 5.41) is 15.0. The number of hydrogen-bond acceptors (Lipinski definition) is 4. The van der Waals surface area contributed by atoms with E-state index in [0.717, 1.165) is 5.56 Å². The Bertz CT molecular complexity index is 710. The Hall–Kier alpha value is -2.25. The number of ether oxygens (including phenoxy) is 2. The zero-order valence-corrected chi connectivity index (χ0v) is 15.7. The second kappa shape index (κ2) is 9.29. The molecule has 3 N–H and O–H groups in total. The Morgan fingerprint density at radius 1 is 1.16 bits per heavy atom. The largest absolute Gasteiger partial charge is 0.493 e. The van der Waals surface area contributed by atoms with Gasteiger partial charge in [0.25, 0.3) is 0 Å². The van der Waals surface area contributed by atoms with Crippen molar-refractivity contribution in [1.82, 2.24) is 5.32 Å². The number of methoxy groups -OCH3 is 2. The second-order valence-electron chi connectivity index (χ2n) is 5.35. The average Bonchev–Trinajstić information content (AvgIpc) is 2.63. The van der Waals surface area contributed by atoms with Crippen LogP contribution in [-0.2, 0) is 6.42 Å². The van der Waals surface area contributed by atoms with E-state index in [9.17, 15) is 9.90 Å². The van der Waals surface area contributed by atoms with Gasteiger partial charge in [-0.3, -0.25) is 0 Å². The summed E-state index contributed by atoms with van der Waals surface area (Å²) >= 11 is 3.39. The van der Waals surface area contributed by atoms with Crippen LogP contribution in [0.25, 0.3) is 0 Å². The van der Waals surface area contributed by atoms with Crippen LogP contribution >= 0.6 is 15.9 Å². The quantitative estimate of drug-likeness (QED) is 0.656. The third kappa shape index (κ3) is 5.37. The fourth-order valence-corrected chi connectivity index (χ4v) is 2.78. The van der Waals surface area contributed by atoms with Gasteiger partial charge in [-0.2, -0.15) is 0 Å². The van der Waals surface area contributed by atoms with Crippen LogP contribution in [0.15, 0.2) is 46.9 Å². The number of aliphatic hydroxyl groups is 1. The number of anilines is 1. The van der Waals surface area contributed by atoms with Gasteiger partial charge in [-0.15, -0.1) is 0 Å². The first-order valence-corrected chi connectivity index (χ1v) is 8.50. The van der Waals surface area contributed by atoms with Crippen LogP contribution in [-0.4, -0.2) is 38.0 Å². The Morgan fingerprint density at radius 2 is 1.80 bits per heavy atom. The van der Waals surface area contributed by atoms with E-state index < -0.39 is 6.03 Å². The first kappa shape index (κ1) is 19.1. The molecule has 1 unspecified atom stereocenters. The molecule has 1 atom stereocenters. The van der Waals surface area contributed by atoms with Crippen LogP contribution in [0.5, 0.6) is 11.5 Å². The standard InChI is InChI=1S/C18H21BrN2O4/c1-24-16-9-14(19)15(10-17(16)25-2)21-18(23)20-13(11-22)8-12-6-4-3-5-7-12/h3-7,9-10,13,22H,8,11H2,1-2H3,(H2,20,21,23). The number of urea groups is 1. The smallest absolute Gasteiger partial charge is 0.319 e. The summed E-state index contributed by atoms with van der Waals surface area (Å²) in [6, 6.07) is 12.2. The zero-order valence-electron chi connectivity index (χ0n) is 14.1. The lowest BCUT2D eigenvalue weighted by Gasteiger charge is -2.18. The highest BCUT2D eigenvalue weighted by molar-refractivity contribution is 9.10. The minimum atomic E-state index is -0.414. The minimum Gasteiger partial charge on any atom is -0.493 e. The molecule has 0 aromatic heterocycles. The van der Waals surface area contributed by atoms with E-state index in [1.165, 1.54) is 7.11 Å². The molecule has 0 aliphatic carbocycles. The molecule has 0 radical (unpaired) electrons. The van der Waals surface area contributed by atoms with Crippen molar-refractivity contribution in [3.8, 4) is 11.5 Å². The highest BCUT2D eigenvalue weighted by Gasteiger charge is 2.15. The Labute approximate surface area is 155 Å². The second-order valence-corrected chi connectivity index (χ2v) is 6.21. The van der Waals surface area contributed by atoms with E-state index in [2.05, 4.69) is 26.6 Å². The van der Waals surface area contributed by atoms with Gasteiger partial charge < -0.3 is 25.2 Å². The Morgan fingerprint density at radius 3 is 2.40 bits per heavy atom. The number of amides is 2. The van der Waals surface area contributed by atoms with Crippen LogP contribution in [0.4, 0.5) is 10.5 Å². The van der Waals surface area contributed by atoms with Gasteiger partial charge in [0.2, 0.25) is 0 Å². The van der Waals surface area contributed by atoms with Gasteiger partial charge in [-0.05, 0) is 27.9 Å². The fraction of sp³-hybridized carbons (Fsp3) is 0.278. The highest BCUT2D eigenvalue weighted by atomic mass is 79.9. The summed E-state index contributed by atoms with van der Waals surface area (Å²) in [4.78, 5) is 12.3. The van der Waals surface area contributed by atoms with Crippen molar-refractivity contribution in [2.75, 3.05) is 26.1 Å². The first-order chi connectivity index (χ1) is 12.1. The average molecular weight is 409 g/mol. The van der Waals surface area contributed by atoms with E-state index in [1.54, 1.807) is 19.2 Å². The molecule has 0 saturated carbocycles. The summed E-state index contributed by atoms with van der Waals surface area (Å²) in [5.74, 6) is 1.06. The molecule has 6 nitrogen and oxygen atoms in total. The summed E-state index contributed by atoms with van der Waals surface area (Å²) in [7, 11) is 3.07. The monoisotopic (exact) mass is 408 g/mol. The molecule has 25 heavy (non-hydrogen) atoms. The SMILES string of the molecule is COc1cc(Br)c(NC(=O)NC(CO)Cc2ccccc2)cc1OC. The van der Waals surface area contributed by atoms with Crippen molar-refractivity contribution >= 4 is 27.6 Å². The molecule has 2 amide bonds. The van der Waals surface area contributed by atoms with Gasteiger partial charge in [-0.1, -0.05) is 30.3 Å². The lowest BCUT2D eigenvalue weighted by Crippen LogP contribution is -2.41. The molecule has 134 valence electrons. The van der Waals surface area contributed by atoms with Gasteiger partial charge in [0, 0.05) is 16.6 Å². The predicted octanol–water partition coefficient (Wildman–Crippen LogP) is 3.19. The predicted molar refractivity (Wildman–Crippen MR) is 100 cm³/mol. The van der Waals surface area contributed by atoms with Crippen molar-refractivity contribution in [2.45, 2.75) is 12.5 Å². The maximum Gasteiger partial charge on any atom is 0.319 e. The molecule has 2 rings (SSSR count). The lowest BCUT2D eigenvalue weighted by atomic mass is 10.1. The zero-order chi connectivity index (χ0) is 18.2. The lowest BCUT2D eigenvalue weighted by molar-refractivity contribution is 0.224. The van der Waals surface area contributed by atoms with Crippen LogP contribution in [0.2, 0.25) is 0 Å². The first-order valence-electron chi connectivity index (χ1n) is 7.71. The molecule has 0 saturated heterocycles. The number of carbonyl (C=O) groups excluding carboxylic acids is 1. The number of rotatable bonds is 7. The van der Waals surface area contributed by atoms with Crippen LogP contribution in [0.3, 0.4) is 0 Å². The minimum absolute atomic E-state index is 0.157. The van der Waals surface area contributed by atoms with Crippen molar-refractivity contribution in [3.63, 3.8) is 0 Å². The van der Waals surface area contributed by atoms with Gasteiger partial charge in [-0.25, -0.2) is 4.79 Å². The van der Waals surface area contributed by atoms with Crippen molar-refractivity contribution in [3.05, 3.63) is 52.5 Å². The summed E-state index contributed by atoms with van der Waals surface area (Å²) in [6.07, 6.45) is 0.540. The molecule has 0 heterocycles.